The van der Waals surface area contributed by atoms with Crippen molar-refractivity contribution in [3.8, 4) is 17.2 Å². The molecule has 144 valence electrons. The molecule has 1 atom stereocenters. The fourth-order valence-corrected chi connectivity index (χ4v) is 2.79. The third-order valence-corrected chi connectivity index (χ3v) is 4.02. The Bertz CT molecular complexity index is 849. The highest BCUT2D eigenvalue weighted by Gasteiger charge is 2.62. The van der Waals surface area contributed by atoms with Crippen molar-refractivity contribution in [3.05, 3.63) is 53.6 Å². The minimum atomic E-state index is -4.91. The van der Waals surface area contributed by atoms with E-state index < -0.39 is 17.8 Å². The van der Waals surface area contributed by atoms with Crippen molar-refractivity contribution < 1.29 is 32.2 Å². The van der Waals surface area contributed by atoms with Crippen molar-refractivity contribution in [2.75, 3.05) is 7.11 Å². The van der Waals surface area contributed by atoms with Gasteiger partial charge in [0, 0.05) is 11.6 Å². The fourth-order valence-electron chi connectivity index (χ4n) is 2.79. The minimum absolute atomic E-state index is 0.000470. The molecule has 1 aliphatic rings. The Morgan fingerprint density at radius 3 is 2.26 bits per heavy atom. The summed E-state index contributed by atoms with van der Waals surface area (Å²) in [7, 11) is 1.40. The zero-order valence-corrected chi connectivity index (χ0v) is 14.9. The molecule has 0 saturated heterocycles. The van der Waals surface area contributed by atoms with Gasteiger partial charge in [-0.3, -0.25) is 4.79 Å². The van der Waals surface area contributed by atoms with Crippen LogP contribution < -0.4 is 19.5 Å². The van der Waals surface area contributed by atoms with Crippen molar-refractivity contribution in [3.63, 3.8) is 0 Å². The second-order valence-corrected chi connectivity index (χ2v) is 6.29. The summed E-state index contributed by atoms with van der Waals surface area (Å²) in [5, 5.41) is 1.97. The Balaban J connectivity index is 2.10. The van der Waals surface area contributed by atoms with E-state index in [1.807, 2.05) is 5.32 Å². The molecule has 0 fully saturated rings. The third-order valence-electron chi connectivity index (χ3n) is 4.02. The Morgan fingerprint density at radius 1 is 1.07 bits per heavy atom. The van der Waals surface area contributed by atoms with E-state index in [2.05, 4.69) is 0 Å². The molecule has 2 aromatic carbocycles. The first kappa shape index (κ1) is 18.9. The van der Waals surface area contributed by atoms with Crippen LogP contribution in [-0.4, -0.2) is 25.3 Å². The maximum Gasteiger partial charge on any atom is 0.453 e. The van der Waals surface area contributed by atoms with E-state index in [4.69, 9.17) is 14.2 Å². The predicted molar refractivity (Wildman–Crippen MR) is 91.0 cm³/mol. The summed E-state index contributed by atoms with van der Waals surface area (Å²) in [5.74, 6) is -0.402. The van der Waals surface area contributed by atoms with Gasteiger partial charge < -0.3 is 19.5 Å². The van der Waals surface area contributed by atoms with Crippen molar-refractivity contribution in [1.29, 1.82) is 0 Å². The first-order valence-corrected chi connectivity index (χ1v) is 8.20. The SMILES string of the molecule is COc1ccc(C2(C(F)(F)F)NC(=O)c3ccc(OC(C)C)cc3O2)cc1. The molecule has 0 spiro atoms. The van der Waals surface area contributed by atoms with E-state index in [-0.39, 0.29) is 23.0 Å². The molecule has 0 radical (unpaired) electrons. The molecule has 0 aromatic heterocycles. The van der Waals surface area contributed by atoms with Gasteiger partial charge in [0.15, 0.2) is 0 Å². The highest BCUT2D eigenvalue weighted by atomic mass is 19.4. The van der Waals surface area contributed by atoms with E-state index in [0.717, 1.165) is 0 Å². The van der Waals surface area contributed by atoms with Crippen LogP contribution in [0.15, 0.2) is 42.5 Å². The molecule has 0 bridgehead atoms. The number of amides is 1. The highest BCUT2D eigenvalue weighted by Crippen LogP contribution is 2.45. The van der Waals surface area contributed by atoms with Crippen LogP contribution in [0.3, 0.4) is 0 Å². The molecule has 8 heteroatoms. The summed E-state index contributed by atoms with van der Waals surface area (Å²) in [6, 6.07) is 9.31. The fraction of sp³-hybridized carbons (Fsp3) is 0.316. The monoisotopic (exact) mass is 381 g/mol. The molecule has 1 heterocycles. The smallest absolute Gasteiger partial charge is 0.453 e. The van der Waals surface area contributed by atoms with Crippen LogP contribution in [0.4, 0.5) is 13.2 Å². The predicted octanol–water partition coefficient (Wildman–Crippen LogP) is 4.02. The van der Waals surface area contributed by atoms with Crippen LogP contribution in [0, 0.1) is 0 Å². The Labute approximate surface area is 154 Å². The Morgan fingerprint density at radius 2 is 1.70 bits per heavy atom. The number of hydrogen-bond donors (Lipinski definition) is 1. The summed E-state index contributed by atoms with van der Waals surface area (Å²) in [6.45, 7) is 3.56. The second-order valence-electron chi connectivity index (χ2n) is 6.29. The largest absolute Gasteiger partial charge is 0.497 e. The standard InChI is InChI=1S/C19H18F3NO4/c1-11(2)26-14-8-9-15-16(10-14)27-18(19(20,21)22,23-17(15)24)12-4-6-13(25-3)7-5-12/h4-11H,1-3H3,(H,23,24). The molecule has 27 heavy (non-hydrogen) atoms. The minimum Gasteiger partial charge on any atom is -0.497 e. The summed E-state index contributed by atoms with van der Waals surface area (Å²) in [4.78, 5) is 12.4. The quantitative estimate of drug-likeness (QED) is 0.869. The molecule has 0 aliphatic carbocycles. The maximum absolute atomic E-state index is 14.0. The lowest BCUT2D eigenvalue weighted by Gasteiger charge is -2.40. The van der Waals surface area contributed by atoms with Crippen LogP contribution >= 0.6 is 0 Å². The van der Waals surface area contributed by atoms with E-state index >= 15 is 0 Å². The first-order chi connectivity index (χ1) is 12.7. The van der Waals surface area contributed by atoms with Crippen molar-refractivity contribution in [1.82, 2.24) is 5.32 Å². The second kappa shape index (κ2) is 6.68. The van der Waals surface area contributed by atoms with Crippen molar-refractivity contribution in [2.24, 2.45) is 0 Å². The number of nitrogens with one attached hydrogen (secondary N) is 1. The van der Waals surface area contributed by atoms with Crippen LogP contribution in [0.25, 0.3) is 0 Å². The normalized spacial score (nSPS) is 19.1. The number of halogens is 3. The van der Waals surface area contributed by atoms with Crippen LogP contribution in [0.5, 0.6) is 17.2 Å². The molecule has 5 nitrogen and oxygen atoms in total. The van der Waals surface area contributed by atoms with Gasteiger partial charge in [-0.25, -0.2) is 0 Å². The van der Waals surface area contributed by atoms with E-state index in [1.165, 1.54) is 49.6 Å². The molecule has 3 rings (SSSR count). The number of carbonyl (C=O) groups excluding carboxylic acids is 1. The van der Waals surface area contributed by atoms with Gasteiger partial charge >= 0.3 is 11.9 Å². The number of alkyl halides is 3. The molecule has 0 saturated carbocycles. The van der Waals surface area contributed by atoms with Gasteiger partial charge in [0.05, 0.1) is 18.8 Å². The van der Waals surface area contributed by atoms with Gasteiger partial charge in [-0.2, -0.15) is 13.2 Å². The first-order valence-electron chi connectivity index (χ1n) is 8.20. The molecular weight excluding hydrogens is 363 g/mol. The lowest BCUT2D eigenvalue weighted by molar-refractivity contribution is -0.265. The van der Waals surface area contributed by atoms with Gasteiger partial charge in [-0.1, -0.05) is 0 Å². The van der Waals surface area contributed by atoms with Gasteiger partial charge in [0.1, 0.15) is 17.2 Å². The van der Waals surface area contributed by atoms with Gasteiger partial charge in [0.25, 0.3) is 5.91 Å². The van der Waals surface area contributed by atoms with Gasteiger partial charge in [0.2, 0.25) is 0 Å². The summed E-state index contributed by atoms with van der Waals surface area (Å²) >= 11 is 0. The summed E-state index contributed by atoms with van der Waals surface area (Å²) in [5.41, 5.74) is -3.29. The number of hydrogen-bond acceptors (Lipinski definition) is 4. The number of fused-ring (bicyclic) bond motifs is 1. The number of rotatable bonds is 4. The summed E-state index contributed by atoms with van der Waals surface area (Å²) < 4.78 is 58.0. The highest BCUT2D eigenvalue weighted by molar-refractivity contribution is 5.98. The molecule has 1 aliphatic heterocycles. The molecule has 2 aromatic rings. The van der Waals surface area contributed by atoms with Gasteiger partial charge in [-0.15, -0.1) is 0 Å². The molecule has 1 unspecified atom stereocenters. The van der Waals surface area contributed by atoms with Crippen LogP contribution in [-0.2, 0) is 5.72 Å². The average molecular weight is 381 g/mol. The van der Waals surface area contributed by atoms with E-state index in [0.29, 0.717) is 11.5 Å². The zero-order valence-electron chi connectivity index (χ0n) is 14.9. The topological polar surface area (TPSA) is 56.8 Å². The van der Waals surface area contributed by atoms with E-state index in [9.17, 15) is 18.0 Å². The number of benzene rings is 2. The van der Waals surface area contributed by atoms with E-state index in [1.54, 1.807) is 13.8 Å². The van der Waals surface area contributed by atoms with Gasteiger partial charge in [-0.05, 0) is 50.2 Å². The Kier molecular flexibility index (Phi) is 4.67. The third kappa shape index (κ3) is 3.39. The zero-order chi connectivity index (χ0) is 19.8. The number of ether oxygens (including phenoxy) is 3. The van der Waals surface area contributed by atoms with Crippen LogP contribution in [0.1, 0.15) is 29.8 Å². The lowest BCUT2D eigenvalue weighted by atomic mass is 9.98. The molecule has 1 amide bonds. The average Bonchev–Trinajstić information content (AvgIpc) is 2.60. The molecular formula is C19H18F3NO4. The molecule has 1 N–H and O–H groups in total. The summed E-state index contributed by atoms with van der Waals surface area (Å²) in [6.07, 6.45) is -5.10. The van der Waals surface area contributed by atoms with Crippen LogP contribution in [0.2, 0.25) is 0 Å². The maximum atomic E-state index is 14.0. The number of carbonyl (C=O) groups is 1. The lowest BCUT2D eigenvalue weighted by Crippen LogP contribution is -2.62. The Hall–Kier alpha value is -2.90. The van der Waals surface area contributed by atoms with Crippen molar-refractivity contribution >= 4 is 5.91 Å². The van der Waals surface area contributed by atoms with Crippen molar-refractivity contribution in [2.45, 2.75) is 31.9 Å². The number of methoxy groups -OCH3 is 1.